The van der Waals surface area contributed by atoms with Crippen molar-refractivity contribution in [1.29, 1.82) is 0 Å². The van der Waals surface area contributed by atoms with Crippen molar-refractivity contribution in [3.05, 3.63) is 23.8 Å². The third-order valence-corrected chi connectivity index (χ3v) is 2.53. The molecule has 0 saturated carbocycles. The van der Waals surface area contributed by atoms with Crippen molar-refractivity contribution in [2.45, 2.75) is 20.3 Å². The van der Waals surface area contributed by atoms with Gasteiger partial charge in [0.2, 0.25) is 0 Å². The molecule has 2 amide bonds. The third kappa shape index (κ3) is 5.07. The molecule has 0 unspecified atom stereocenters. The highest BCUT2D eigenvalue weighted by Gasteiger charge is 2.06. The van der Waals surface area contributed by atoms with Crippen molar-refractivity contribution in [2.24, 2.45) is 0 Å². The first kappa shape index (κ1) is 15.1. The summed E-state index contributed by atoms with van der Waals surface area (Å²) in [5.74, 6) is 1.51. The van der Waals surface area contributed by atoms with E-state index in [-0.39, 0.29) is 6.03 Å². The number of benzene rings is 1. The van der Waals surface area contributed by atoms with Gasteiger partial charge in [0.25, 0.3) is 0 Å². The van der Waals surface area contributed by atoms with Crippen LogP contribution in [-0.4, -0.2) is 32.8 Å². The monoisotopic (exact) mass is 266 g/mol. The molecular weight excluding hydrogens is 244 g/mol. The van der Waals surface area contributed by atoms with Gasteiger partial charge in [0.1, 0.15) is 0 Å². The average molecular weight is 266 g/mol. The second-order valence-corrected chi connectivity index (χ2v) is 3.90. The first-order valence-corrected chi connectivity index (χ1v) is 6.55. The molecule has 5 heteroatoms. The van der Waals surface area contributed by atoms with Crippen molar-refractivity contribution in [3.8, 4) is 11.5 Å². The van der Waals surface area contributed by atoms with Gasteiger partial charge in [0.05, 0.1) is 13.2 Å². The Labute approximate surface area is 114 Å². The van der Waals surface area contributed by atoms with E-state index in [0.717, 1.165) is 23.5 Å². The first-order chi connectivity index (χ1) is 9.21. The molecule has 0 aliphatic carbocycles. The average Bonchev–Trinajstić information content (AvgIpc) is 2.42. The van der Waals surface area contributed by atoms with E-state index in [1.165, 1.54) is 0 Å². The molecule has 1 aromatic rings. The second kappa shape index (κ2) is 8.24. The van der Waals surface area contributed by atoms with Gasteiger partial charge in [0, 0.05) is 13.6 Å². The molecule has 2 N–H and O–H groups in total. The van der Waals surface area contributed by atoms with Gasteiger partial charge in [-0.2, -0.15) is 0 Å². The summed E-state index contributed by atoms with van der Waals surface area (Å²) in [5, 5.41) is 5.26. The Morgan fingerprint density at radius 3 is 2.47 bits per heavy atom. The molecular formula is C14H22N2O3. The van der Waals surface area contributed by atoms with E-state index in [2.05, 4.69) is 10.6 Å². The number of carbonyl (C=O) groups is 1. The van der Waals surface area contributed by atoms with Crippen LogP contribution in [0.3, 0.4) is 0 Å². The minimum absolute atomic E-state index is 0.170. The maximum atomic E-state index is 11.0. The number of rotatable bonds is 7. The van der Waals surface area contributed by atoms with Crippen molar-refractivity contribution >= 4 is 6.03 Å². The van der Waals surface area contributed by atoms with E-state index in [0.29, 0.717) is 19.8 Å². The van der Waals surface area contributed by atoms with Crippen LogP contribution in [-0.2, 0) is 6.42 Å². The standard InChI is InChI=1S/C14H22N2O3/c1-4-18-12-7-6-11(10-13(12)19-5-2)8-9-16-14(17)15-3/h6-7,10H,4-5,8-9H2,1-3H3,(H2,15,16,17). The van der Waals surface area contributed by atoms with Crippen molar-refractivity contribution in [3.63, 3.8) is 0 Å². The number of nitrogens with one attached hydrogen (secondary N) is 2. The minimum atomic E-state index is -0.170. The van der Waals surface area contributed by atoms with E-state index < -0.39 is 0 Å². The first-order valence-electron chi connectivity index (χ1n) is 6.55. The van der Waals surface area contributed by atoms with Crippen LogP contribution in [0, 0.1) is 0 Å². The summed E-state index contributed by atoms with van der Waals surface area (Å²) in [5.41, 5.74) is 1.10. The van der Waals surface area contributed by atoms with Gasteiger partial charge in [-0.15, -0.1) is 0 Å². The Hall–Kier alpha value is -1.91. The zero-order chi connectivity index (χ0) is 14.1. The highest BCUT2D eigenvalue weighted by atomic mass is 16.5. The molecule has 19 heavy (non-hydrogen) atoms. The van der Waals surface area contributed by atoms with Crippen LogP contribution >= 0.6 is 0 Å². The molecule has 0 fully saturated rings. The number of ether oxygens (including phenoxy) is 2. The number of amides is 2. The Bertz CT molecular complexity index is 408. The van der Waals surface area contributed by atoms with Crippen LogP contribution < -0.4 is 20.1 Å². The molecule has 0 aliphatic rings. The molecule has 1 aromatic carbocycles. The quantitative estimate of drug-likeness (QED) is 0.793. The highest BCUT2D eigenvalue weighted by Crippen LogP contribution is 2.28. The minimum Gasteiger partial charge on any atom is -0.490 e. The maximum Gasteiger partial charge on any atom is 0.314 e. The van der Waals surface area contributed by atoms with Gasteiger partial charge >= 0.3 is 6.03 Å². The Balaban J connectivity index is 2.63. The van der Waals surface area contributed by atoms with Crippen LogP contribution in [0.2, 0.25) is 0 Å². The number of urea groups is 1. The highest BCUT2D eigenvalue weighted by molar-refractivity contribution is 5.73. The maximum absolute atomic E-state index is 11.0. The van der Waals surface area contributed by atoms with Crippen LogP contribution in [0.5, 0.6) is 11.5 Å². The van der Waals surface area contributed by atoms with E-state index in [1.54, 1.807) is 7.05 Å². The number of hydrogen-bond acceptors (Lipinski definition) is 3. The van der Waals surface area contributed by atoms with E-state index in [4.69, 9.17) is 9.47 Å². The summed E-state index contributed by atoms with van der Waals surface area (Å²) < 4.78 is 11.1. The van der Waals surface area contributed by atoms with Crippen molar-refractivity contribution in [1.82, 2.24) is 10.6 Å². The van der Waals surface area contributed by atoms with Gasteiger partial charge < -0.3 is 20.1 Å². The summed E-state index contributed by atoms with van der Waals surface area (Å²) in [7, 11) is 1.60. The number of carbonyl (C=O) groups excluding carboxylic acids is 1. The van der Waals surface area contributed by atoms with Crippen molar-refractivity contribution in [2.75, 3.05) is 26.8 Å². The van der Waals surface area contributed by atoms with Crippen molar-refractivity contribution < 1.29 is 14.3 Å². The van der Waals surface area contributed by atoms with Crippen LogP contribution in [0.15, 0.2) is 18.2 Å². The number of hydrogen-bond donors (Lipinski definition) is 2. The van der Waals surface area contributed by atoms with Gasteiger partial charge in [-0.05, 0) is 38.0 Å². The molecule has 0 aromatic heterocycles. The topological polar surface area (TPSA) is 59.6 Å². The largest absolute Gasteiger partial charge is 0.490 e. The van der Waals surface area contributed by atoms with Crippen LogP contribution in [0.25, 0.3) is 0 Å². The zero-order valence-corrected chi connectivity index (χ0v) is 11.8. The lowest BCUT2D eigenvalue weighted by molar-refractivity contribution is 0.243. The fourth-order valence-electron chi connectivity index (χ4n) is 1.66. The molecule has 5 nitrogen and oxygen atoms in total. The molecule has 0 aliphatic heterocycles. The lowest BCUT2D eigenvalue weighted by Crippen LogP contribution is -2.33. The summed E-state index contributed by atoms with van der Waals surface area (Å²) >= 11 is 0. The van der Waals surface area contributed by atoms with Gasteiger partial charge in [-0.3, -0.25) is 0 Å². The predicted octanol–water partition coefficient (Wildman–Crippen LogP) is 1.96. The third-order valence-electron chi connectivity index (χ3n) is 2.53. The predicted molar refractivity (Wildman–Crippen MR) is 74.9 cm³/mol. The van der Waals surface area contributed by atoms with Crippen LogP contribution in [0.1, 0.15) is 19.4 Å². The smallest absolute Gasteiger partial charge is 0.314 e. The summed E-state index contributed by atoms with van der Waals surface area (Å²) in [6, 6.07) is 5.68. The molecule has 1 rings (SSSR count). The zero-order valence-electron chi connectivity index (χ0n) is 11.8. The molecule has 106 valence electrons. The fourth-order valence-corrected chi connectivity index (χ4v) is 1.66. The Morgan fingerprint density at radius 1 is 1.16 bits per heavy atom. The lowest BCUT2D eigenvalue weighted by atomic mass is 10.1. The van der Waals surface area contributed by atoms with Gasteiger partial charge in [-0.25, -0.2) is 4.79 Å². The van der Waals surface area contributed by atoms with Gasteiger partial charge in [-0.1, -0.05) is 6.07 Å². The van der Waals surface area contributed by atoms with Crippen LogP contribution in [0.4, 0.5) is 4.79 Å². The second-order valence-electron chi connectivity index (χ2n) is 3.90. The summed E-state index contributed by atoms with van der Waals surface area (Å²) in [6.07, 6.45) is 0.750. The van der Waals surface area contributed by atoms with E-state index in [9.17, 15) is 4.79 Å². The van der Waals surface area contributed by atoms with E-state index >= 15 is 0 Å². The Kier molecular flexibility index (Phi) is 6.57. The Morgan fingerprint density at radius 2 is 1.84 bits per heavy atom. The van der Waals surface area contributed by atoms with E-state index in [1.807, 2.05) is 32.0 Å². The molecule has 0 bridgehead atoms. The molecule has 0 saturated heterocycles. The summed E-state index contributed by atoms with van der Waals surface area (Å²) in [6.45, 7) is 5.67. The lowest BCUT2D eigenvalue weighted by Gasteiger charge is -2.12. The van der Waals surface area contributed by atoms with Gasteiger partial charge in [0.15, 0.2) is 11.5 Å². The normalized spacial score (nSPS) is 9.84. The molecule has 0 atom stereocenters. The fraction of sp³-hybridized carbons (Fsp3) is 0.500. The summed E-state index contributed by atoms with van der Waals surface area (Å²) in [4.78, 5) is 11.0. The molecule has 0 radical (unpaired) electrons. The SMILES string of the molecule is CCOc1ccc(CCNC(=O)NC)cc1OCC. The molecule has 0 heterocycles. The molecule has 0 spiro atoms.